The number of rotatable bonds is 2. The molecule has 0 fully saturated rings. The van der Waals surface area contributed by atoms with Gasteiger partial charge in [0.05, 0.1) is 0 Å². The fraction of sp³-hybridized carbons (Fsp3) is 0.500. The summed E-state index contributed by atoms with van der Waals surface area (Å²) < 4.78 is 1.29. The second-order valence-corrected chi connectivity index (χ2v) is 4.81. The molecule has 0 aromatic heterocycles. The summed E-state index contributed by atoms with van der Waals surface area (Å²) in [5.74, 6) is 0.709. The van der Waals surface area contributed by atoms with E-state index in [-0.39, 0.29) is 12.4 Å². The normalized spacial score (nSPS) is 19.2. The zero-order chi connectivity index (χ0) is 9.97. The Bertz CT molecular complexity index is 327. The predicted octanol–water partition coefficient (Wildman–Crippen LogP) is 3.51. The summed E-state index contributed by atoms with van der Waals surface area (Å²) in [6, 6.07) is 6.58. The molecule has 1 aliphatic carbocycles. The third kappa shape index (κ3) is 2.74. The second-order valence-electron chi connectivity index (χ2n) is 3.95. The fourth-order valence-corrected chi connectivity index (χ4v) is 2.94. The zero-order valence-corrected chi connectivity index (χ0v) is 11.3. The molecule has 1 nitrogen and oxygen atoms in total. The minimum absolute atomic E-state index is 0. The van der Waals surface area contributed by atoms with Crippen molar-refractivity contribution in [3.8, 4) is 0 Å². The Morgan fingerprint density at radius 2 is 2.27 bits per heavy atom. The van der Waals surface area contributed by atoms with Gasteiger partial charge >= 0.3 is 0 Å². The van der Waals surface area contributed by atoms with Crippen LogP contribution in [0.3, 0.4) is 0 Å². The minimum atomic E-state index is 0. The van der Waals surface area contributed by atoms with Crippen LogP contribution in [-0.2, 0) is 6.42 Å². The van der Waals surface area contributed by atoms with Gasteiger partial charge in [0.2, 0.25) is 0 Å². The maximum Gasteiger partial charge on any atom is 0.0210 e. The van der Waals surface area contributed by atoms with E-state index >= 15 is 0 Å². The molecule has 0 saturated heterocycles. The van der Waals surface area contributed by atoms with Crippen molar-refractivity contribution in [3.63, 3.8) is 0 Å². The molecule has 15 heavy (non-hydrogen) atoms. The van der Waals surface area contributed by atoms with Crippen LogP contribution < -0.4 is 5.32 Å². The molecule has 84 valence electrons. The van der Waals surface area contributed by atoms with Gasteiger partial charge in [0.1, 0.15) is 0 Å². The van der Waals surface area contributed by atoms with Gasteiger partial charge in [0, 0.05) is 11.0 Å². The second kappa shape index (κ2) is 5.88. The number of likely N-dealkylation sites (N-methyl/N-ethyl adjacent to an activating group) is 1. The molecule has 1 aromatic carbocycles. The first-order chi connectivity index (χ1) is 6.83. The Morgan fingerprint density at radius 1 is 1.47 bits per heavy atom. The van der Waals surface area contributed by atoms with Gasteiger partial charge in [-0.2, -0.15) is 0 Å². The summed E-state index contributed by atoms with van der Waals surface area (Å²) in [6.45, 7) is 1.10. The smallest absolute Gasteiger partial charge is 0.0210 e. The quantitative estimate of drug-likeness (QED) is 0.879. The zero-order valence-electron chi connectivity index (χ0n) is 8.92. The molecular weight excluding hydrogens is 273 g/mol. The molecule has 1 aliphatic rings. The minimum Gasteiger partial charge on any atom is -0.319 e. The van der Waals surface area contributed by atoms with Crippen molar-refractivity contribution in [3.05, 3.63) is 33.8 Å². The lowest BCUT2D eigenvalue weighted by molar-refractivity contribution is 0.528. The fourth-order valence-electron chi connectivity index (χ4n) is 2.36. The number of nitrogens with one attached hydrogen (secondary N) is 1. The molecule has 0 bridgehead atoms. The highest BCUT2D eigenvalue weighted by Gasteiger charge is 2.20. The Hall–Kier alpha value is -0.0500. The van der Waals surface area contributed by atoms with Gasteiger partial charge < -0.3 is 5.32 Å². The lowest BCUT2D eigenvalue weighted by Crippen LogP contribution is -2.21. The van der Waals surface area contributed by atoms with E-state index in [0.717, 1.165) is 6.54 Å². The van der Waals surface area contributed by atoms with Crippen LogP contribution in [0.2, 0.25) is 0 Å². The maximum atomic E-state index is 3.64. The van der Waals surface area contributed by atoms with Crippen molar-refractivity contribution >= 4 is 28.3 Å². The van der Waals surface area contributed by atoms with Crippen molar-refractivity contribution in [2.24, 2.45) is 0 Å². The first-order valence-electron chi connectivity index (χ1n) is 5.25. The van der Waals surface area contributed by atoms with Crippen LogP contribution in [-0.4, -0.2) is 13.6 Å². The maximum absolute atomic E-state index is 3.64. The van der Waals surface area contributed by atoms with E-state index in [0.29, 0.717) is 5.92 Å². The number of halogens is 2. The van der Waals surface area contributed by atoms with Crippen molar-refractivity contribution in [2.45, 2.75) is 25.2 Å². The molecule has 3 heteroatoms. The molecule has 0 saturated carbocycles. The first kappa shape index (κ1) is 13.0. The van der Waals surface area contributed by atoms with E-state index in [4.69, 9.17) is 0 Å². The van der Waals surface area contributed by atoms with Gasteiger partial charge in [-0.1, -0.05) is 28.1 Å². The van der Waals surface area contributed by atoms with Gasteiger partial charge in [-0.05, 0) is 49.4 Å². The van der Waals surface area contributed by atoms with Crippen molar-refractivity contribution < 1.29 is 0 Å². The van der Waals surface area contributed by atoms with Crippen LogP contribution in [0.5, 0.6) is 0 Å². The average Bonchev–Trinajstić information content (AvgIpc) is 2.20. The first-order valence-corrected chi connectivity index (χ1v) is 6.04. The molecule has 0 spiro atoms. The van der Waals surface area contributed by atoms with Crippen LogP contribution >= 0.6 is 28.3 Å². The molecule has 0 heterocycles. The number of hydrogen-bond acceptors (Lipinski definition) is 1. The molecule has 0 amide bonds. The lowest BCUT2D eigenvalue weighted by Gasteiger charge is -2.26. The van der Waals surface area contributed by atoms with E-state index in [2.05, 4.69) is 39.4 Å². The molecule has 1 atom stereocenters. The lowest BCUT2D eigenvalue weighted by atomic mass is 9.83. The average molecular weight is 291 g/mol. The van der Waals surface area contributed by atoms with E-state index in [1.54, 1.807) is 5.56 Å². The Morgan fingerprint density at radius 3 is 3.00 bits per heavy atom. The molecule has 0 aliphatic heterocycles. The summed E-state index contributed by atoms with van der Waals surface area (Å²) in [5, 5.41) is 3.28. The molecule has 1 unspecified atom stereocenters. The monoisotopic (exact) mass is 289 g/mol. The van der Waals surface area contributed by atoms with Crippen molar-refractivity contribution in [2.75, 3.05) is 13.6 Å². The van der Waals surface area contributed by atoms with E-state index in [9.17, 15) is 0 Å². The number of benzene rings is 1. The topological polar surface area (TPSA) is 12.0 Å². The van der Waals surface area contributed by atoms with E-state index < -0.39 is 0 Å². The Labute approximate surface area is 106 Å². The largest absolute Gasteiger partial charge is 0.319 e. The highest BCUT2D eigenvalue weighted by molar-refractivity contribution is 9.10. The van der Waals surface area contributed by atoms with Gasteiger partial charge in [-0.25, -0.2) is 0 Å². The summed E-state index contributed by atoms with van der Waals surface area (Å²) >= 11 is 3.64. The molecule has 0 radical (unpaired) electrons. The summed E-state index contributed by atoms with van der Waals surface area (Å²) in [6.07, 6.45) is 3.88. The van der Waals surface area contributed by atoms with Crippen molar-refractivity contribution in [1.29, 1.82) is 0 Å². The number of hydrogen-bond donors (Lipinski definition) is 1. The summed E-state index contributed by atoms with van der Waals surface area (Å²) in [4.78, 5) is 0. The van der Waals surface area contributed by atoms with Crippen LogP contribution in [0, 0.1) is 0 Å². The molecule has 2 rings (SSSR count). The third-order valence-electron chi connectivity index (χ3n) is 3.02. The van der Waals surface area contributed by atoms with Gasteiger partial charge in [-0.15, -0.1) is 12.4 Å². The van der Waals surface area contributed by atoms with Gasteiger partial charge in [0.15, 0.2) is 0 Å². The molecule has 1 aromatic rings. The van der Waals surface area contributed by atoms with Crippen LogP contribution in [0.4, 0.5) is 0 Å². The Kier molecular flexibility index (Phi) is 5.10. The van der Waals surface area contributed by atoms with Gasteiger partial charge in [-0.3, -0.25) is 0 Å². The Balaban J connectivity index is 0.00000112. The van der Waals surface area contributed by atoms with Gasteiger partial charge in [0.25, 0.3) is 0 Å². The molecular formula is C12H17BrClN. The van der Waals surface area contributed by atoms with Crippen LogP contribution in [0.25, 0.3) is 0 Å². The van der Waals surface area contributed by atoms with E-state index in [1.165, 1.54) is 29.3 Å². The highest BCUT2D eigenvalue weighted by Crippen LogP contribution is 2.34. The summed E-state index contributed by atoms with van der Waals surface area (Å²) in [5.41, 5.74) is 3.07. The SMILES string of the molecule is CNCC1CCCc2c(Br)cccc21.Cl. The van der Waals surface area contributed by atoms with Crippen LogP contribution in [0.1, 0.15) is 29.9 Å². The standard InChI is InChI=1S/C12H16BrN.ClH/c1-14-8-9-4-2-6-11-10(9)5-3-7-12(11)13;/h3,5,7,9,14H,2,4,6,8H2,1H3;1H. The van der Waals surface area contributed by atoms with Crippen molar-refractivity contribution in [1.82, 2.24) is 5.32 Å². The predicted molar refractivity (Wildman–Crippen MR) is 71.0 cm³/mol. The highest BCUT2D eigenvalue weighted by atomic mass is 79.9. The third-order valence-corrected chi connectivity index (χ3v) is 3.77. The van der Waals surface area contributed by atoms with E-state index in [1.807, 2.05) is 7.05 Å². The molecule has 1 N–H and O–H groups in total. The van der Waals surface area contributed by atoms with Crippen LogP contribution in [0.15, 0.2) is 22.7 Å². The number of fused-ring (bicyclic) bond motifs is 1. The summed E-state index contributed by atoms with van der Waals surface area (Å²) in [7, 11) is 2.03.